The molecule has 490 valence electrons. The van der Waals surface area contributed by atoms with Crippen LogP contribution in [0.15, 0.2) is 84.9 Å². The predicted molar refractivity (Wildman–Crippen MR) is 370 cm³/mol. The summed E-state index contributed by atoms with van der Waals surface area (Å²) in [5.74, 6) is 9.26. The van der Waals surface area contributed by atoms with E-state index in [-0.39, 0.29) is 0 Å². The lowest BCUT2D eigenvalue weighted by Gasteiger charge is -2.14. The van der Waals surface area contributed by atoms with Crippen LogP contribution in [0.25, 0.3) is 0 Å². The van der Waals surface area contributed by atoms with Gasteiger partial charge in [0, 0.05) is 0 Å². The summed E-state index contributed by atoms with van der Waals surface area (Å²) < 4.78 is 51.5. The topological polar surface area (TPSA) is 83.1 Å². The smallest absolute Gasteiger partial charge is 0.127 e. The summed E-state index contributed by atoms with van der Waals surface area (Å²) in [6.45, 7) is 30.6. The van der Waals surface area contributed by atoms with Crippen molar-refractivity contribution in [3.63, 3.8) is 0 Å². The Morgan fingerprint density at radius 1 is 0.218 bits per heavy atom. The van der Waals surface area contributed by atoms with E-state index in [0.717, 1.165) is 171 Å². The van der Waals surface area contributed by atoms with E-state index in [2.05, 4.69) is 93.5 Å². The second-order valence-corrected chi connectivity index (χ2v) is 23.5. The number of hydrogen-bond acceptors (Lipinski definition) is 9. The Labute approximate surface area is 532 Å². The third kappa shape index (κ3) is 36.4. The number of methoxy groups -OCH3 is 2. The molecule has 0 aliphatic rings. The van der Waals surface area contributed by atoms with Crippen LogP contribution in [-0.2, 0) is 0 Å². The zero-order valence-electron chi connectivity index (χ0n) is 57.8. The fraction of sp³-hybridized carbons (Fsp3) is 0.615. The molecule has 9 nitrogen and oxygen atoms in total. The first-order valence-electron chi connectivity index (χ1n) is 34.4. The van der Waals surface area contributed by atoms with Crippen molar-refractivity contribution >= 4 is 0 Å². The Morgan fingerprint density at radius 2 is 0.414 bits per heavy atom. The average molecular weight is 1210 g/mol. The lowest BCUT2D eigenvalue weighted by molar-refractivity contribution is 0.293. The van der Waals surface area contributed by atoms with Crippen LogP contribution in [0, 0.1) is 41.5 Å². The van der Waals surface area contributed by atoms with Gasteiger partial charge in [0.1, 0.15) is 57.5 Å². The van der Waals surface area contributed by atoms with E-state index < -0.39 is 0 Å². The molecule has 87 heavy (non-hydrogen) atoms. The molecule has 9 heteroatoms. The van der Waals surface area contributed by atoms with E-state index in [1.165, 1.54) is 140 Å². The van der Waals surface area contributed by atoms with Gasteiger partial charge in [-0.15, -0.1) is 0 Å². The molecule has 0 N–H and O–H groups in total. The summed E-state index contributed by atoms with van der Waals surface area (Å²) in [6, 6.07) is 28.2. The number of rotatable bonds is 44. The molecule has 0 aromatic heterocycles. The summed E-state index contributed by atoms with van der Waals surface area (Å²) in [5.41, 5.74) is 6.87. The fourth-order valence-corrected chi connectivity index (χ4v) is 9.62. The number of ether oxygens (including phenoxy) is 9. The van der Waals surface area contributed by atoms with Crippen LogP contribution in [0.1, 0.15) is 255 Å². The molecule has 0 radical (unpaired) electrons. The molecule has 5 rings (SSSR count). The van der Waals surface area contributed by atoms with Crippen LogP contribution >= 0.6 is 0 Å². The summed E-state index contributed by atoms with van der Waals surface area (Å²) in [4.78, 5) is 0. The summed E-state index contributed by atoms with van der Waals surface area (Å²) in [5, 5.41) is 0. The van der Waals surface area contributed by atoms with Crippen molar-refractivity contribution in [2.75, 3.05) is 53.9 Å². The van der Waals surface area contributed by atoms with Crippen molar-refractivity contribution in [1.29, 1.82) is 0 Å². The molecule has 5 aromatic carbocycles. The van der Waals surface area contributed by atoms with Crippen molar-refractivity contribution in [2.45, 2.75) is 263 Å². The highest BCUT2D eigenvalue weighted by atomic mass is 16.5. The molecule has 0 spiro atoms. The molecule has 0 unspecified atom stereocenters. The second-order valence-electron chi connectivity index (χ2n) is 23.5. The molecule has 0 bridgehead atoms. The molecule has 0 saturated carbocycles. The van der Waals surface area contributed by atoms with Crippen molar-refractivity contribution < 1.29 is 42.6 Å². The predicted octanol–water partition coefficient (Wildman–Crippen LogP) is 23.7. The van der Waals surface area contributed by atoms with Crippen LogP contribution in [0.2, 0.25) is 0 Å². The lowest BCUT2D eigenvalue weighted by Crippen LogP contribution is -2.02. The van der Waals surface area contributed by atoms with Crippen LogP contribution in [0.4, 0.5) is 0 Å². The maximum atomic E-state index is 6.00. The maximum Gasteiger partial charge on any atom is 0.127 e. The van der Waals surface area contributed by atoms with Crippen LogP contribution in [0.5, 0.6) is 57.5 Å². The molecule has 0 amide bonds. The Bertz CT molecular complexity index is 2260. The Hall–Kier alpha value is -5.70. The van der Waals surface area contributed by atoms with Gasteiger partial charge in [0.05, 0.1) is 53.9 Å². The van der Waals surface area contributed by atoms with Crippen LogP contribution in [-0.4, -0.2) is 53.9 Å². The van der Waals surface area contributed by atoms with Gasteiger partial charge >= 0.3 is 0 Å². The first kappa shape index (κ1) is 77.4. The van der Waals surface area contributed by atoms with Gasteiger partial charge in [-0.3, -0.25) is 0 Å². The van der Waals surface area contributed by atoms with Gasteiger partial charge in [0.15, 0.2) is 0 Å². The van der Waals surface area contributed by atoms with E-state index in [4.69, 9.17) is 42.6 Å². The zero-order chi connectivity index (χ0) is 63.5. The molecule has 0 atom stereocenters. The largest absolute Gasteiger partial charge is 0.496 e. The normalized spacial score (nSPS) is 10.6. The highest BCUT2D eigenvalue weighted by Gasteiger charge is 2.10. The Morgan fingerprint density at radius 3 is 0.667 bits per heavy atom. The standard InChI is InChI=1S/C28H42O3.C24H42O2.C16H26O2.C10H14O2/c1-3-5-7-9-11-13-23-29-25-15-19-27(20-16-25)31-28-21-17-26(18-22-28)30-24-14-12-10-8-6-4-2;1-5-7-9-11-13-15-17-25-23-19-22(4)24(20-21(23)3)26-18-16-14-12-10-8-6-2;1-5-7-9-17-15-11-14(4)16(12-13(15)3)18-10-8-6-2;1-7-5-10(12-4)8(2)6-9(7)11-3/h15-22H,3-14,23-24H2,1-2H3;19-20H,5-18H2,1-4H3;11-12H,5-10H2,1-4H3;5-6H,1-4H3. The second kappa shape index (κ2) is 51.2. The number of aryl methyl sites for hydroxylation is 6. The summed E-state index contributed by atoms with van der Waals surface area (Å²) in [6.07, 6.45) is 35.4. The first-order valence-corrected chi connectivity index (χ1v) is 34.4. The molecule has 5 aromatic rings. The monoisotopic (exact) mass is 1200 g/mol. The van der Waals surface area contributed by atoms with E-state index in [0.29, 0.717) is 0 Å². The minimum atomic E-state index is 0.784. The fourth-order valence-electron chi connectivity index (χ4n) is 9.62. The van der Waals surface area contributed by atoms with Crippen molar-refractivity contribution in [3.05, 3.63) is 118 Å². The van der Waals surface area contributed by atoms with Crippen LogP contribution < -0.4 is 42.6 Å². The highest BCUT2D eigenvalue weighted by Crippen LogP contribution is 2.31. The van der Waals surface area contributed by atoms with Gasteiger partial charge in [-0.1, -0.05) is 183 Å². The minimum Gasteiger partial charge on any atom is -0.496 e. The van der Waals surface area contributed by atoms with Gasteiger partial charge in [0.2, 0.25) is 0 Å². The highest BCUT2D eigenvalue weighted by molar-refractivity contribution is 5.47. The van der Waals surface area contributed by atoms with Crippen molar-refractivity contribution in [2.24, 2.45) is 0 Å². The molecule has 0 saturated heterocycles. The Balaban J connectivity index is 0.000000416. The number of unbranched alkanes of at least 4 members (excludes halogenated alkanes) is 22. The van der Waals surface area contributed by atoms with Crippen molar-refractivity contribution in [3.8, 4) is 57.5 Å². The van der Waals surface area contributed by atoms with E-state index >= 15 is 0 Å². The van der Waals surface area contributed by atoms with Crippen molar-refractivity contribution in [1.82, 2.24) is 0 Å². The number of hydrogen-bond donors (Lipinski definition) is 0. The molecule has 0 aliphatic heterocycles. The maximum absolute atomic E-state index is 6.00. The van der Waals surface area contributed by atoms with Gasteiger partial charge < -0.3 is 42.6 Å². The average Bonchev–Trinajstić information content (AvgIpc) is 3.62. The van der Waals surface area contributed by atoms with E-state index in [1.807, 2.05) is 74.5 Å². The van der Waals surface area contributed by atoms with Gasteiger partial charge in [0.25, 0.3) is 0 Å². The van der Waals surface area contributed by atoms with Crippen LogP contribution in [0.3, 0.4) is 0 Å². The van der Waals surface area contributed by atoms with E-state index in [1.54, 1.807) is 14.2 Å². The first-order chi connectivity index (χ1) is 42.4. The summed E-state index contributed by atoms with van der Waals surface area (Å²) >= 11 is 0. The number of benzene rings is 5. The molecular weight excluding hydrogens is 1080 g/mol. The van der Waals surface area contributed by atoms with Gasteiger partial charge in [-0.2, -0.15) is 0 Å². The molecule has 0 aliphatic carbocycles. The van der Waals surface area contributed by atoms with Gasteiger partial charge in [-0.05, 0) is 198 Å². The molecular formula is C78H124O9. The SMILES string of the molecule is CCCCCCCCOc1cc(C)c(OCCCCCCCC)cc1C.CCCCCCCCOc1ccc(Oc2ccc(OCCCCCCCC)cc2)cc1.CCCCOc1cc(C)c(OCCCC)cc1C.COc1cc(C)c(OC)cc1C. The van der Waals surface area contributed by atoms with E-state index in [9.17, 15) is 0 Å². The molecule has 0 heterocycles. The van der Waals surface area contributed by atoms with Gasteiger partial charge in [-0.25, -0.2) is 0 Å². The quantitative estimate of drug-likeness (QED) is 0.0354. The minimum absolute atomic E-state index is 0.784. The molecule has 0 fully saturated rings. The Kier molecular flexibility index (Phi) is 45.6. The zero-order valence-corrected chi connectivity index (χ0v) is 57.8. The lowest BCUT2D eigenvalue weighted by atomic mass is 10.1. The third-order valence-electron chi connectivity index (χ3n) is 15.3. The summed E-state index contributed by atoms with van der Waals surface area (Å²) in [7, 11) is 3.35. The third-order valence-corrected chi connectivity index (χ3v) is 15.3.